The number of nitrogens with zero attached hydrogens (tertiary/aromatic N) is 1. The Hall–Kier alpha value is -3.56. The van der Waals surface area contributed by atoms with Crippen LogP contribution in [0.1, 0.15) is 27.0 Å². The number of amides is 1. The normalized spacial score (nSPS) is 10.2. The molecule has 0 atom stereocenters. The lowest BCUT2D eigenvalue weighted by Gasteiger charge is -2.11. The van der Waals surface area contributed by atoms with Gasteiger partial charge in [-0.05, 0) is 49.7 Å². The minimum atomic E-state index is -0.594. The van der Waals surface area contributed by atoms with Gasteiger partial charge in [-0.25, -0.2) is 4.79 Å². The molecular formula is C24H20N2O3S. The summed E-state index contributed by atoms with van der Waals surface area (Å²) in [5, 5.41) is 12.0. The number of carbonyl (C=O) groups excluding carboxylic acids is 2. The fraction of sp³-hybridized carbons (Fsp3) is 0.125. The van der Waals surface area contributed by atoms with Crippen LogP contribution in [0.5, 0.6) is 0 Å². The molecule has 30 heavy (non-hydrogen) atoms. The summed E-state index contributed by atoms with van der Waals surface area (Å²) in [6.45, 7) is 3.49. The van der Waals surface area contributed by atoms with Crippen LogP contribution in [-0.4, -0.2) is 18.5 Å². The average Bonchev–Trinajstić information content (AvgIpc) is 2.75. The fourth-order valence-corrected chi connectivity index (χ4v) is 3.85. The SMILES string of the molecule is Cc1ccc(NC(=O)COC(=O)c2ccccc2Sc2ccccc2C#N)c(C)c1. The Morgan fingerprint density at radius 3 is 2.43 bits per heavy atom. The van der Waals surface area contributed by atoms with Gasteiger partial charge in [-0.1, -0.05) is 53.7 Å². The van der Waals surface area contributed by atoms with Gasteiger partial charge in [0.1, 0.15) is 6.07 Å². The summed E-state index contributed by atoms with van der Waals surface area (Å²) in [6, 6.07) is 22.0. The largest absolute Gasteiger partial charge is 0.452 e. The Balaban J connectivity index is 1.67. The number of rotatable bonds is 6. The summed E-state index contributed by atoms with van der Waals surface area (Å²) in [6.07, 6.45) is 0. The Morgan fingerprint density at radius 1 is 1.00 bits per heavy atom. The van der Waals surface area contributed by atoms with Crippen molar-refractivity contribution in [1.82, 2.24) is 0 Å². The van der Waals surface area contributed by atoms with Gasteiger partial charge in [0, 0.05) is 15.5 Å². The van der Waals surface area contributed by atoms with E-state index < -0.39 is 11.9 Å². The van der Waals surface area contributed by atoms with Crippen LogP contribution in [0.2, 0.25) is 0 Å². The number of anilines is 1. The third kappa shape index (κ3) is 5.28. The number of esters is 1. The highest BCUT2D eigenvalue weighted by atomic mass is 32.2. The highest BCUT2D eigenvalue weighted by Gasteiger charge is 2.16. The third-order valence-corrected chi connectivity index (χ3v) is 5.48. The van der Waals surface area contributed by atoms with Gasteiger partial charge >= 0.3 is 5.97 Å². The lowest BCUT2D eigenvalue weighted by Crippen LogP contribution is -2.21. The Bertz CT molecular complexity index is 1140. The van der Waals surface area contributed by atoms with Crippen molar-refractivity contribution in [3.8, 4) is 6.07 Å². The monoisotopic (exact) mass is 416 g/mol. The Morgan fingerprint density at radius 2 is 1.70 bits per heavy atom. The number of hydrogen-bond donors (Lipinski definition) is 1. The molecular weight excluding hydrogens is 396 g/mol. The van der Waals surface area contributed by atoms with E-state index >= 15 is 0 Å². The molecule has 0 radical (unpaired) electrons. The van der Waals surface area contributed by atoms with E-state index in [0.29, 0.717) is 21.7 Å². The van der Waals surface area contributed by atoms with E-state index in [2.05, 4.69) is 11.4 Å². The molecule has 0 unspecified atom stereocenters. The molecule has 1 N–H and O–H groups in total. The van der Waals surface area contributed by atoms with Crippen molar-refractivity contribution >= 4 is 29.3 Å². The van der Waals surface area contributed by atoms with E-state index in [1.54, 1.807) is 36.4 Å². The molecule has 0 aromatic heterocycles. The maximum atomic E-state index is 12.6. The number of carbonyl (C=O) groups is 2. The molecule has 1 amide bonds. The van der Waals surface area contributed by atoms with Gasteiger partial charge in [0.05, 0.1) is 11.1 Å². The molecule has 3 aromatic carbocycles. The molecule has 0 saturated heterocycles. The van der Waals surface area contributed by atoms with Crippen LogP contribution in [-0.2, 0) is 9.53 Å². The Kier molecular flexibility index (Phi) is 6.89. The van der Waals surface area contributed by atoms with Gasteiger partial charge in [-0.15, -0.1) is 0 Å². The second-order valence-corrected chi connectivity index (χ2v) is 7.73. The summed E-state index contributed by atoms with van der Waals surface area (Å²) < 4.78 is 5.23. The average molecular weight is 417 g/mol. The van der Waals surface area contributed by atoms with Gasteiger partial charge in [-0.3, -0.25) is 4.79 Å². The molecule has 0 aliphatic carbocycles. The quantitative estimate of drug-likeness (QED) is 0.564. The van der Waals surface area contributed by atoms with Crippen molar-refractivity contribution in [1.29, 1.82) is 5.26 Å². The van der Waals surface area contributed by atoms with Crippen molar-refractivity contribution in [2.45, 2.75) is 23.6 Å². The summed E-state index contributed by atoms with van der Waals surface area (Å²) in [5.74, 6) is -1.00. The fourth-order valence-electron chi connectivity index (χ4n) is 2.84. The number of nitriles is 1. The van der Waals surface area contributed by atoms with E-state index in [-0.39, 0.29) is 6.61 Å². The lowest BCUT2D eigenvalue weighted by molar-refractivity contribution is -0.119. The lowest BCUT2D eigenvalue weighted by atomic mass is 10.1. The second-order valence-electron chi connectivity index (χ2n) is 6.65. The van der Waals surface area contributed by atoms with Crippen molar-refractivity contribution in [3.63, 3.8) is 0 Å². The van der Waals surface area contributed by atoms with E-state index in [9.17, 15) is 14.9 Å². The van der Waals surface area contributed by atoms with E-state index in [0.717, 1.165) is 16.0 Å². The van der Waals surface area contributed by atoms with Gasteiger partial charge < -0.3 is 10.1 Å². The molecule has 0 saturated carbocycles. The van der Waals surface area contributed by atoms with Crippen LogP contribution in [0, 0.1) is 25.2 Å². The summed E-state index contributed by atoms with van der Waals surface area (Å²) >= 11 is 1.31. The summed E-state index contributed by atoms with van der Waals surface area (Å²) in [5.41, 5.74) is 3.59. The van der Waals surface area contributed by atoms with E-state index in [1.807, 2.05) is 44.2 Å². The maximum absolute atomic E-state index is 12.6. The summed E-state index contributed by atoms with van der Waals surface area (Å²) in [4.78, 5) is 26.2. The molecule has 3 aromatic rings. The maximum Gasteiger partial charge on any atom is 0.339 e. The number of nitrogens with one attached hydrogen (secondary N) is 1. The van der Waals surface area contributed by atoms with Crippen LogP contribution in [0.15, 0.2) is 76.5 Å². The molecule has 0 spiro atoms. The molecule has 0 heterocycles. The van der Waals surface area contributed by atoms with Crippen LogP contribution in [0.3, 0.4) is 0 Å². The zero-order chi connectivity index (χ0) is 21.5. The molecule has 5 nitrogen and oxygen atoms in total. The number of aryl methyl sites for hydroxylation is 2. The van der Waals surface area contributed by atoms with Crippen LogP contribution in [0.25, 0.3) is 0 Å². The standard InChI is InChI=1S/C24H20N2O3S/c1-16-11-12-20(17(2)13-16)26-23(27)15-29-24(28)19-8-4-6-10-22(19)30-21-9-5-3-7-18(21)14-25/h3-13H,15H2,1-2H3,(H,26,27). The van der Waals surface area contributed by atoms with Gasteiger partial charge in [0.2, 0.25) is 0 Å². The third-order valence-electron chi connectivity index (χ3n) is 4.32. The van der Waals surface area contributed by atoms with Crippen LogP contribution in [0.4, 0.5) is 5.69 Å². The zero-order valence-electron chi connectivity index (χ0n) is 16.6. The molecule has 0 fully saturated rings. The second kappa shape index (κ2) is 9.77. The highest BCUT2D eigenvalue weighted by molar-refractivity contribution is 7.99. The molecule has 0 bridgehead atoms. The smallest absolute Gasteiger partial charge is 0.339 e. The topological polar surface area (TPSA) is 79.2 Å². The van der Waals surface area contributed by atoms with Gasteiger partial charge in [0.15, 0.2) is 6.61 Å². The molecule has 0 aliphatic heterocycles. The zero-order valence-corrected chi connectivity index (χ0v) is 17.5. The summed E-state index contributed by atoms with van der Waals surface area (Å²) in [7, 11) is 0. The number of benzene rings is 3. The first kappa shape index (κ1) is 21.2. The Labute approximate surface area is 179 Å². The first-order valence-electron chi connectivity index (χ1n) is 9.28. The van der Waals surface area contributed by atoms with Gasteiger partial charge in [0.25, 0.3) is 5.91 Å². The van der Waals surface area contributed by atoms with Gasteiger partial charge in [-0.2, -0.15) is 5.26 Å². The minimum absolute atomic E-state index is 0.342. The predicted octanol–water partition coefficient (Wildman–Crippen LogP) is 5.12. The molecule has 0 aliphatic rings. The first-order valence-corrected chi connectivity index (χ1v) is 10.1. The van der Waals surface area contributed by atoms with Crippen molar-refractivity contribution < 1.29 is 14.3 Å². The van der Waals surface area contributed by atoms with Crippen LogP contribution >= 0.6 is 11.8 Å². The first-order chi connectivity index (χ1) is 14.5. The van der Waals surface area contributed by atoms with Crippen molar-refractivity contribution in [3.05, 3.63) is 89.0 Å². The van der Waals surface area contributed by atoms with Crippen molar-refractivity contribution in [2.24, 2.45) is 0 Å². The highest BCUT2D eigenvalue weighted by Crippen LogP contribution is 2.32. The molecule has 6 heteroatoms. The van der Waals surface area contributed by atoms with E-state index in [4.69, 9.17) is 4.74 Å². The van der Waals surface area contributed by atoms with Crippen LogP contribution < -0.4 is 5.32 Å². The molecule has 3 rings (SSSR count). The number of ether oxygens (including phenoxy) is 1. The van der Waals surface area contributed by atoms with Crippen molar-refractivity contribution in [2.75, 3.05) is 11.9 Å². The van der Waals surface area contributed by atoms with E-state index in [1.165, 1.54) is 11.8 Å². The molecule has 150 valence electrons. The minimum Gasteiger partial charge on any atom is -0.452 e. The predicted molar refractivity (Wildman–Crippen MR) is 117 cm³/mol. The number of hydrogen-bond acceptors (Lipinski definition) is 5.